The molecular weight excluding hydrogens is 290 g/mol. The second-order valence-corrected chi connectivity index (χ2v) is 7.07. The Bertz CT molecular complexity index is 589. The van der Waals surface area contributed by atoms with E-state index in [4.69, 9.17) is 10.7 Å². The standard InChI is InChI=1S/C18H25N3S/c1-14-5-7-15(8-6-14)18-20-16(13-22-18)12-21-11-3-2-4-17(21)9-10-19/h5-8,13,17H,2-4,9-12,19H2,1H3. The number of benzene rings is 1. The number of hydrogen-bond donors (Lipinski definition) is 1. The van der Waals surface area contributed by atoms with E-state index >= 15 is 0 Å². The average Bonchev–Trinajstić information content (AvgIpc) is 2.99. The maximum absolute atomic E-state index is 5.77. The van der Waals surface area contributed by atoms with Crippen molar-refractivity contribution in [2.24, 2.45) is 5.73 Å². The highest BCUT2D eigenvalue weighted by molar-refractivity contribution is 7.13. The molecule has 1 aromatic carbocycles. The van der Waals surface area contributed by atoms with Crippen LogP contribution in [0, 0.1) is 6.92 Å². The van der Waals surface area contributed by atoms with Gasteiger partial charge in [-0.2, -0.15) is 0 Å². The molecule has 0 bridgehead atoms. The molecule has 1 atom stereocenters. The first-order valence-electron chi connectivity index (χ1n) is 8.22. The Morgan fingerprint density at radius 3 is 2.86 bits per heavy atom. The van der Waals surface area contributed by atoms with Crippen LogP contribution in [0.4, 0.5) is 0 Å². The molecule has 1 aromatic heterocycles. The fraction of sp³-hybridized carbons (Fsp3) is 0.500. The zero-order valence-corrected chi connectivity index (χ0v) is 14.1. The second-order valence-electron chi connectivity index (χ2n) is 6.21. The Kier molecular flexibility index (Phi) is 5.24. The first-order chi connectivity index (χ1) is 10.8. The number of aryl methyl sites for hydroxylation is 1. The smallest absolute Gasteiger partial charge is 0.123 e. The van der Waals surface area contributed by atoms with Crippen molar-refractivity contribution in [3.8, 4) is 10.6 Å². The molecule has 0 saturated carbocycles. The third-order valence-corrected chi connectivity index (χ3v) is 5.40. The highest BCUT2D eigenvalue weighted by atomic mass is 32.1. The lowest BCUT2D eigenvalue weighted by Gasteiger charge is -2.35. The van der Waals surface area contributed by atoms with E-state index in [0.717, 1.165) is 24.5 Å². The number of aromatic nitrogens is 1. The first kappa shape index (κ1) is 15.7. The van der Waals surface area contributed by atoms with Crippen LogP contribution in [-0.4, -0.2) is 29.0 Å². The van der Waals surface area contributed by atoms with Crippen LogP contribution in [0.5, 0.6) is 0 Å². The highest BCUT2D eigenvalue weighted by Crippen LogP contribution is 2.26. The molecule has 1 saturated heterocycles. The Morgan fingerprint density at radius 2 is 2.09 bits per heavy atom. The SMILES string of the molecule is Cc1ccc(-c2nc(CN3CCCCC3CCN)cs2)cc1. The zero-order chi connectivity index (χ0) is 15.4. The molecule has 0 aliphatic carbocycles. The fourth-order valence-electron chi connectivity index (χ4n) is 3.20. The van der Waals surface area contributed by atoms with Crippen molar-refractivity contribution >= 4 is 11.3 Å². The van der Waals surface area contributed by atoms with Crippen LogP contribution in [0.2, 0.25) is 0 Å². The predicted molar refractivity (Wildman–Crippen MR) is 94.0 cm³/mol. The summed E-state index contributed by atoms with van der Waals surface area (Å²) >= 11 is 1.75. The first-order valence-corrected chi connectivity index (χ1v) is 9.10. The van der Waals surface area contributed by atoms with E-state index in [1.807, 2.05) is 0 Å². The molecule has 4 heteroatoms. The molecule has 118 valence electrons. The molecule has 1 aliphatic heterocycles. The highest BCUT2D eigenvalue weighted by Gasteiger charge is 2.22. The third-order valence-electron chi connectivity index (χ3n) is 4.46. The lowest BCUT2D eigenvalue weighted by Crippen LogP contribution is -2.40. The van der Waals surface area contributed by atoms with Gasteiger partial charge in [-0.25, -0.2) is 4.98 Å². The summed E-state index contributed by atoms with van der Waals surface area (Å²) in [7, 11) is 0. The van der Waals surface area contributed by atoms with Gasteiger partial charge < -0.3 is 5.73 Å². The molecule has 0 amide bonds. The monoisotopic (exact) mass is 315 g/mol. The van der Waals surface area contributed by atoms with Gasteiger partial charge >= 0.3 is 0 Å². The van der Waals surface area contributed by atoms with Gasteiger partial charge in [0.15, 0.2) is 0 Å². The molecule has 22 heavy (non-hydrogen) atoms. The second kappa shape index (κ2) is 7.36. The number of nitrogens with zero attached hydrogens (tertiary/aromatic N) is 2. The lowest BCUT2D eigenvalue weighted by atomic mass is 9.99. The van der Waals surface area contributed by atoms with Crippen LogP contribution >= 0.6 is 11.3 Å². The van der Waals surface area contributed by atoms with Crippen molar-refractivity contribution in [2.75, 3.05) is 13.1 Å². The summed E-state index contributed by atoms with van der Waals surface area (Å²) < 4.78 is 0. The van der Waals surface area contributed by atoms with Crippen LogP contribution in [0.1, 0.15) is 36.9 Å². The normalized spacial score (nSPS) is 19.5. The predicted octanol–water partition coefficient (Wildman–Crippen LogP) is 3.82. The number of likely N-dealkylation sites (tertiary alicyclic amines) is 1. The Labute approximate surface area is 137 Å². The molecule has 2 aromatic rings. The van der Waals surface area contributed by atoms with Crippen molar-refractivity contribution in [3.05, 3.63) is 40.9 Å². The Balaban J connectivity index is 1.69. The molecule has 0 radical (unpaired) electrons. The van der Waals surface area contributed by atoms with Crippen molar-refractivity contribution in [3.63, 3.8) is 0 Å². The lowest BCUT2D eigenvalue weighted by molar-refractivity contribution is 0.132. The number of nitrogens with two attached hydrogens (primary N) is 1. The average molecular weight is 315 g/mol. The van der Waals surface area contributed by atoms with Crippen LogP contribution in [0.3, 0.4) is 0 Å². The zero-order valence-electron chi connectivity index (χ0n) is 13.3. The van der Waals surface area contributed by atoms with Gasteiger partial charge in [0.25, 0.3) is 0 Å². The van der Waals surface area contributed by atoms with Gasteiger partial charge in [0.2, 0.25) is 0 Å². The molecule has 1 fully saturated rings. The summed E-state index contributed by atoms with van der Waals surface area (Å²) in [6.45, 7) is 5.05. The Morgan fingerprint density at radius 1 is 1.27 bits per heavy atom. The van der Waals surface area contributed by atoms with Crippen LogP contribution in [-0.2, 0) is 6.54 Å². The van der Waals surface area contributed by atoms with Gasteiger partial charge in [-0.05, 0) is 39.3 Å². The van der Waals surface area contributed by atoms with Crippen molar-refractivity contribution in [1.29, 1.82) is 0 Å². The van der Waals surface area contributed by atoms with Gasteiger partial charge in [-0.15, -0.1) is 11.3 Å². The Hall–Kier alpha value is -1.23. The molecule has 3 rings (SSSR count). The van der Waals surface area contributed by atoms with E-state index in [2.05, 4.69) is 41.5 Å². The van der Waals surface area contributed by atoms with Gasteiger partial charge in [0.05, 0.1) is 5.69 Å². The van der Waals surface area contributed by atoms with Crippen molar-refractivity contribution in [1.82, 2.24) is 9.88 Å². The molecule has 1 aliphatic rings. The van der Waals surface area contributed by atoms with E-state index in [0.29, 0.717) is 6.04 Å². The molecule has 3 nitrogen and oxygen atoms in total. The largest absolute Gasteiger partial charge is 0.330 e. The van der Waals surface area contributed by atoms with Crippen molar-refractivity contribution in [2.45, 2.75) is 45.2 Å². The van der Waals surface area contributed by atoms with Gasteiger partial charge in [0.1, 0.15) is 5.01 Å². The summed E-state index contributed by atoms with van der Waals surface area (Å²) in [4.78, 5) is 7.42. The number of piperidine rings is 1. The van der Waals surface area contributed by atoms with Crippen molar-refractivity contribution < 1.29 is 0 Å². The van der Waals surface area contributed by atoms with E-state index < -0.39 is 0 Å². The third kappa shape index (κ3) is 3.75. The molecular formula is C18H25N3S. The van der Waals surface area contributed by atoms with Gasteiger partial charge in [-0.1, -0.05) is 36.2 Å². The quantitative estimate of drug-likeness (QED) is 0.912. The molecule has 2 N–H and O–H groups in total. The molecule has 0 spiro atoms. The summed E-state index contributed by atoms with van der Waals surface area (Å²) in [5.74, 6) is 0. The van der Waals surface area contributed by atoms with Crippen LogP contribution in [0.15, 0.2) is 29.6 Å². The summed E-state index contributed by atoms with van der Waals surface area (Å²) in [6, 6.07) is 9.27. The van der Waals surface area contributed by atoms with E-state index in [9.17, 15) is 0 Å². The minimum absolute atomic E-state index is 0.642. The topological polar surface area (TPSA) is 42.2 Å². The van der Waals surface area contributed by atoms with E-state index in [1.165, 1.54) is 42.6 Å². The maximum Gasteiger partial charge on any atom is 0.123 e. The minimum atomic E-state index is 0.642. The minimum Gasteiger partial charge on any atom is -0.330 e. The summed E-state index contributed by atoms with van der Waals surface area (Å²) in [6.07, 6.45) is 5.03. The van der Waals surface area contributed by atoms with Crippen LogP contribution < -0.4 is 5.73 Å². The summed E-state index contributed by atoms with van der Waals surface area (Å²) in [5, 5.41) is 3.34. The van der Waals surface area contributed by atoms with Gasteiger partial charge in [-0.3, -0.25) is 4.90 Å². The number of hydrogen-bond acceptors (Lipinski definition) is 4. The fourth-order valence-corrected chi connectivity index (χ4v) is 4.02. The van der Waals surface area contributed by atoms with E-state index in [1.54, 1.807) is 11.3 Å². The van der Waals surface area contributed by atoms with Crippen LogP contribution in [0.25, 0.3) is 10.6 Å². The summed E-state index contributed by atoms with van der Waals surface area (Å²) in [5.41, 5.74) is 9.48. The number of thiazole rings is 1. The van der Waals surface area contributed by atoms with Gasteiger partial charge in [0, 0.05) is 23.5 Å². The van der Waals surface area contributed by atoms with E-state index in [-0.39, 0.29) is 0 Å². The molecule has 2 heterocycles. The molecule has 1 unspecified atom stereocenters. The number of rotatable bonds is 5. The maximum atomic E-state index is 5.77.